The largest absolute Gasteiger partial charge is 0.342 e. The Bertz CT molecular complexity index is 662. The average molecular weight is 248 g/mol. The summed E-state index contributed by atoms with van der Waals surface area (Å²) < 4.78 is 0. The van der Waals surface area contributed by atoms with Crippen molar-refractivity contribution in [3.05, 3.63) is 77.9 Å². The summed E-state index contributed by atoms with van der Waals surface area (Å²) in [7, 11) is 0. The summed E-state index contributed by atoms with van der Waals surface area (Å²) in [5.41, 5.74) is 3.45. The number of aromatic amines is 1. The highest BCUT2D eigenvalue weighted by Crippen LogP contribution is 2.37. The summed E-state index contributed by atoms with van der Waals surface area (Å²) in [5, 5.41) is 3.47. The van der Waals surface area contributed by atoms with Gasteiger partial charge in [-0.2, -0.15) is 0 Å². The van der Waals surface area contributed by atoms with Crippen LogP contribution >= 0.6 is 0 Å². The molecule has 0 saturated heterocycles. The Morgan fingerprint density at radius 3 is 2.89 bits per heavy atom. The number of aromatic nitrogens is 1. The number of allylic oxidation sites excluding steroid dienone is 6. The zero-order chi connectivity index (χ0) is 12.7. The van der Waals surface area contributed by atoms with E-state index in [2.05, 4.69) is 52.8 Å². The van der Waals surface area contributed by atoms with E-state index in [0.717, 1.165) is 17.1 Å². The fourth-order valence-corrected chi connectivity index (χ4v) is 2.82. The maximum atomic E-state index is 4.78. The first-order valence-electron chi connectivity index (χ1n) is 6.51. The van der Waals surface area contributed by atoms with Gasteiger partial charge >= 0.3 is 0 Å². The van der Waals surface area contributed by atoms with Crippen molar-refractivity contribution >= 4 is 5.84 Å². The van der Waals surface area contributed by atoms with Crippen molar-refractivity contribution in [3.8, 4) is 0 Å². The molecule has 2 N–H and O–H groups in total. The first-order valence-corrected chi connectivity index (χ1v) is 6.51. The molecule has 4 rings (SSSR count). The van der Waals surface area contributed by atoms with E-state index in [1.807, 2.05) is 18.5 Å². The third kappa shape index (κ3) is 1.66. The molecular weight excluding hydrogens is 234 g/mol. The van der Waals surface area contributed by atoms with Gasteiger partial charge in [-0.1, -0.05) is 24.3 Å². The van der Waals surface area contributed by atoms with Gasteiger partial charge in [0.2, 0.25) is 0 Å². The Hall–Kier alpha value is -2.42. The molecule has 1 aromatic heterocycles. The van der Waals surface area contributed by atoms with E-state index < -0.39 is 0 Å². The van der Waals surface area contributed by atoms with E-state index >= 15 is 0 Å². The van der Waals surface area contributed by atoms with Gasteiger partial charge in [0.1, 0.15) is 5.84 Å². The van der Waals surface area contributed by atoms with Crippen LogP contribution in [0, 0.1) is 11.8 Å². The standard InChI is InChI=1S/C16H13N3/c1-4-11-5-2-8-14-15(11)13(7-1)18-16(19-14)12-6-3-9-17-10-12/h1-11,15H,(H,18,19)/p+1. The summed E-state index contributed by atoms with van der Waals surface area (Å²) in [4.78, 5) is 7.88. The lowest BCUT2D eigenvalue weighted by molar-refractivity contribution is -0.378. The molecule has 0 fully saturated rings. The molecule has 0 bridgehead atoms. The summed E-state index contributed by atoms with van der Waals surface area (Å²) in [6.07, 6.45) is 16.8. The summed E-state index contributed by atoms with van der Waals surface area (Å²) in [6.45, 7) is 0. The summed E-state index contributed by atoms with van der Waals surface area (Å²) >= 11 is 0. The quantitative estimate of drug-likeness (QED) is 0.811. The van der Waals surface area contributed by atoms with Gasteiger partial charge in [0.05, 0.1) is 17.2 Å². The molecule has 1 aromatic rings. The molecule has 2 atom stereocenters. The molecule has 1 aliphatic heterocycles. The van der Waals surface area contributed by atoms with Gasteiger partial charge < -0.3 is 5.32 Å². The fraction of sp³-hybridized carbons (Fsp3) is 0.125. The van der Waals surface area contributed by atoms with Gasteiger partial charge in [-0.25, -0.2) is 9.98 Å². The van der Waals surface area contributed by atoms with Crippen LogP contribution in [-0.2, 0) is 0 Å². The van der Waals surface area contributed by atoms with Crippen molar-refractivity contribution in [2.45, 2.75) is 0 Å². The lowest BCUT2D eigenvalue weighted by Crippen LogP contribution is -2.37. The summed E-state index contributed by atoms with van der Waals surface area (Å²) in [6, 6.07) is 4.04. The predicted molar refractivity (Wildman–Crippen MR) is 74.1 cm³/mol. The molecule has 0 aromatic carbocycles. The van der Waals surface area contributed by atoms with Crippen LogP contribution in [-0.4, -0.2) is 5.84 Å². The van der Waals surface area contributed by atoms with Crippen LogP contribution < -0.4 is 10.3 Å². The minimum Gasteiger partial charge on any atom is -0.342 e. The Morgan fingerprint density at radius 2 is 2.05 bits per heavy atom. The molecule has 2 heterocycles. The van der Waals surface area contributed by atoms with Crippen molar-refractivity contribution in [2.24, 2.45) is 16.8 Å². The third-order valence-corrected chi connectivity index (χ3v) is 3.73. The van der Waals surface area contributed by atoms with Crippen molar-refractivity contribution < 1.29 is 4.98 Å². The van der Waals surface area contributed by atoms with E-state index in [0.29, 0.717) is 11.8 Å². The molecule has 2 aliphatic carbocycles. The van der Waals surface area contributed by atoms with E-state index in [1.165, 1.54) is 5.70 Å². The molecule has 2 unspecified atom stereocenters. The smallest absolute Gasteiger partial charge is 0.178 e. The van der Waals surface area contributed by atoms with E-state index in [-0.39, 0.29) is 0 Å². The molecule has 0 spiro atoms. The monoisotopic (exact) mass is 248 g/mol. The molecule has 0 amide bonds. The normalized spacial score (nSPS) is 26.8. The molecule has 3 heteroatoms. The molecule has 0 radical (unpaired) electrons. The first kappa shape index (κ1) is 10.5. The predicted octanol–water partition coefficient (Wildman–Crippen LogP) is 1.99. The van der Waals surface area contributed by atoms with Gasteiger partial charge in [0.15, 0.2) is 12.4 Å². The molecule has 0 saturated carbocycles. The van der Waals surface area contributed by atoms with Gasteiger partial charge in [-0.15, -0.1) is 0 Å². The molecule has 92 valence electrons. The van der Waals surface area contributed by atoms with Crippen LogP contribution in [0.25, 0.3) is 0 Å². The SMILES string of the molecule is C1=CC2C=CC=C3NC(c4ccc[nH+]c4)=NC(=C1)C32. The topological polar surface area (TPSA) is 38.5 Å². The Labute approximate surface area is 111 Å². The lowest BCUT2D eigenvalue weighted by Gasteiger charge is -2.34. The third-order valence-electron chi connectivity index (χ3n) is 3.73. The number of nitrogens with zero attached hydrogens (tertiary/aromatic N) is 1. The second-order valence-corrected chi connectivity index (χ2v) is 4.92. The number of rotatable bonds is 1. The van der Waals surface area contributed by atoms with Crippen LogP contribution in [0.4, 0.5) is 0 Å². The number of nitrogens with one attached hydrogen (secondary N) is 2. The van der Waals surface area contributed by atoms with Gasteiger partial charge in [-0.05, 0) is 18.2 Å². The van der Waals surface area contributed by atoms with Crippen molar-refractivity contribution in [1.82, 2.24) is 5.32 Å². The molecule has 3 aliphatic rings. The lowest BCUT2D eigenvalue weighted by atomic mass is 9.79. The fourth-order valence-electron chi connectivity index (χ4n) is 2.82. The average Bonchev–Trinajstić information content (AvgIpc) is 2.49. The van der Waals surface area contributed by atoms with Crippen molar-refractivity contribution in [3.63, 3.8) is 0 Å². The second kappa shape index (κ2) is 4.05. The van der Waals surface area contributed by atoms with Gasteiger partial charge in [-0.3, -0.25) is 0 Å². The Kier molecular flexibility index (Phi) is 2.24. The summed E-state index contributed by atoms with van der Waals surface area (Å²) in [5.74, 6) is 1.70. The van der Waals surface area contributed by atoms with Gasteiger partial charge in [0, 0.05) is 17.7 Å². The van der Waals surface area contributed by atoms with E-state index in [4.69, 9.17) is 4.99 Å². The number of hydrogen-bond acceptors (Lipinski definition) is 2. The van der Waals surface area contributed by atoms with E-state index in [1.54, 1.807) is 0 Å². The molecular formula is C16H14N3+. The van der Waals surface area contributed by atoms with E-state index in [9.17, 15) is 0 Å². The van der Waals surface area contributed by atoms with Gasteiger partial charge in [0.25, 0.3) is 0 Å². The highest BCUT2D eigenvalue weighted by atomic mass is 15.1. The number of amidine groups is 1. The van der Waals surface area contributed by atoms with Crippen molar-refractivity contribution in [1.29, 1.82) is 0 Å². The molecule has 19 heavy (non-hydrogen) atoms. The number of hydrogen-bond donors (Lipinski definition) is 1. The maximum Gasteiger partial charge on any atom is 0.178 e. The number of pyridine rings is 1. The zero-order valence-corrected chi connectivity index (χ0v) is 10.4. The number of H-pyrrole nitrogens is 1. The minimum absolute atomic E-state index is 0.353. The second-order valence-electron chi connectivity index (χ2n) is 4.92. The Morgan fingerprint density at radius 1 is 1.16 bits per heavy atom. The molecule has 3 nitrogen and oxygen atoms in total. The minimum atomic E-state index is 0.353. The van der Waals surface area contributed by atoms with Crippen LogP contribution in [0.5, 0.6) is 0 Å². The zero-order valence-electron chi connectivity index (χ0n) is 10.4. The maximum absolute atomic E-state index is 4.78. The number of aliphatic imine (C=N–C) groups is 1. The highest BCUT2D eigenvalue weighted by Gasteiger charge is 2.33. The van der Waals surface area contributed by atoms with Crippen LogP contribution in [0.15, 0.2) is 77.4 Å². The van der Waals surface area contributed by atoms with Crippen LogP contribution in [0.3, 0.4) is 0 Å². The van der Waals surface area contributed by atoms with Crippen LogP contribution in [0.2, 0.25) is 0 Å². The Balaban J connectivity index is 1.82. The first-order chi connectivity index (χ1) is 9.42. The highest BCUT2D eigenvalue weighted by molar-refractivity contribution is 6.01. The van der Waals surface area contributed by atoms with Crippen molar-refractivity contribution in [2.75, 3.05) is 0 Å². The van der Waals surface area contributed by atoms with Crippen LogP contribution in [0.1, 0.15) is 5.56 Å².